The number of nitrogens with one attached hydrogen (secondary N) is 2. The number of hydrogen-bond donors (Lipinski definition) is 3. The summed E-state index contributed by atoms with van der Waals surface area (Å²) in [5, 5.41) is 5.91. The van der Waals surface area contributed by atoms with Crippen molar-refractivity contribution in [2.75, 3.05) is 7.11 Å². The van der Waals surface area contributed by atoms with Crippen LogP contribution in [0.15, 0.2) is 71.2 Å². The molecule has 0 saturated heterocycles. The predicted molar refractivity (Wildman–Crippen MR) is 158 cm³/mol. The van der Waals surface area contributed by atoms with Crippen molar-refractivity contribution in [2.45, 2.75) is 72.1 Å². The van der Waals surface area contributed by atoms with Crippen molar-refractivity contribution in [1.82, 2.24) is 10.6 Å². The smallest absolute Gasteiger partial charge is 0.404 e. The molecule has 0 saturated carbocycles. The van der Waals surface area contributed by atoms with Gasteiger partial charge in [-0.3, -0.25) is 9.59 Å². The maximum absolute atomic E-state index is 12.7. The van der Waals surface area contributed by atoms with E-state index >= 15 is 0 Å². The zero-order chi connectivity index (χ0) is 30.9. The van der Waals surface area contributed by atoms with E-state index in [1.165, 1.54) is 19.4 Å². The largest absolute Gasteiger partial charge is 0.490 e. The number of allylic oxidation sites excluding steroid dienone is 5. The maximum Gasteiger partial charge on any atom is 0.404 e. The number of carbonyl (C=O) groups is 4. The zero-order valence-corrected chi connectivity index (χ0v) is 25.3. The van der Waals surface area contributed by atoms with Crippen LogP contribution in [0.2, 0.25) is 0 Å². The van der Waals surface area contributed by atoms with Gasteiger partial charge < -0.3 is 30.6 Å². The Balaban J connectivity index is 2.63. The van der Waals surface area contributed by atoms with Gasteiger partial charge in [0.05, 0.1) is 7.11 Å². The molecular formula is C30H42ClN3O7. The molecule has 1 heterocycles. The Morgan fingerprint density at radius 3 is 2.44 bits per heavy atom. The van der Waals surface area contributed by atoms with Crippen LogP contribution in [0.3, 0.4) is 0 Å². The number of halogens is 1. The lowest BCUT2D eigenvalue weighted by Gasteiger charge is -2.25. The third-order valence-electron chi connectivity index (χ3n) is 5.98. The zero-order valence-electron chi connectivity index (χ0n) is 24.5. The van der Waals surface area contributed by atoms with Crippen molar-refractivity contribution in [2.24, 2.45) is 17.6 Å². The van der Waals surface area contributed by atoms with E-state index in [4.69, 9.17) is 31.5 Å². The van der Waals surface area contributed by atoms with Gasteiger partial charge in [-0.15, -0.1) is 0 Å². The van der Waals surface area contributed by atoms with Gasteiger partial charge in [-0.25, -0.2) is 9.59 Å². The highest BCUT2D eigenvalue weighted by Gasteiger charge is 2.27. The summed E-state index contributed by atoms with van der Waals surface area (Å²) in [5.41, 5.74) is 6.04. The van der Waals surface area contributed by atoms with Crippen LogP contribution >= 0.6 is 11.6 Å². The highest BCUT2D eigenvalue weighted by Crippen LogP contribution is 2.22. The van der Waals surface area contributed by atoms with E-state index in [0.717, 1.165) is 5.57 Å². The Hall–Kier alpha value is -3.79. The molecule has 1 unspecified atom stereocenters. The summed E-state index contributed by atoms with van der Waals surface area (Å²) in [6, 6.07) is -0.770. The first-order valence-electron chi connectivity index (χ1n) is 13.4. The van der Waals surface area contributed by atoms with Crippen LogP contribution in [0.5, 0.6) is 0 Å². The Morgan fingerprint density at radius 2 is 1.85 bits per heavy atom. The minimum absolute atomic E-state index is 0.0156. The molecular weight excluding hydrogens is 550 g/mol. The van der Waals surface area contributed by atoms with Gasteiger partial charge >= 0.3 is 12.1 Å². The van der Waals surface area contributed by atoms with Gasteiger partial charge in [-0.1, -0.05) is 74.4 Å². The molecule has 0 aliphatic carbocycles. The molecule has 0 aromatic heterocycles. The molecule has 0 spiro atoms. The van der Waals surface area contributed by atoms with Crippen molar-refractivity contribution in [3.63, 3.8) is 0 Å². The summed E-state index contributed by atoms with van der Waals surface area (Å²) in [7, 11) is 1.43. The van der Waals surface area contributed by atoms with Gasteiger partial charge in [0.15, 0.2) is 5.76 Å². The number of carbonyl (C=O) groups excluding carboxylic acids is 4. The minimum Gasteiger partial charge on any atom is -0.490 e. The first-order chi connectivity index (χ1) is 19.3. The van der Waals surface area contributed by atoms with Crippen molar-refractivity contribution in [3.8, 4) is 0 Å². The number of methoxy groups -OCH3 is 1. The van der Waals surface area contributed by atoms with Crippen LogP contribution < -0.4 is 16.4 Å². The number of cyclic esters (lactones) is 1. The van der Waals surface area contributed by atoms with Gasteiger partial charge in [0.2, 0.25) is 11.8 Å². The summed E-state index contributed by atoms with van der Waals surface area (Å²) in [5.74, 6) is -1.24. The molecule has 0 aromatic carbocycles. The van der Waals surface area contributed by atoms with Gasteiger partial charge in [-0.05, 0) is 32.0 Å². The van der Waals surface area contributed by atoms with Crippen molar-refractivity contribution in [3.05, 3.63) is 71.2 Å². The summed E-state index contributed by atoms with van der Waals surface area (Å²) in [6.45, 7) is 9.22. The van der Waals surface area contributed by atoms with Crippen LogP contribution in [-0.4, -0.2) is 49.2 Å². The number of rotatable bonds is 15. The summed E-state index contributed by atoms with van der Waals surface area (Å²) >= 11 is 5.83. The Kier molecular flexibility index (Phi) is 15.9. The fourth-order valence-electron chi connectivity index (χ4n) is 3.80. The molecule has 1 rings (SSSR count). The van der Waals surface area contributed by atoms with E-state index in [0.29, 0.717) is 24.3 Å². The van der Waals surface area contributed by atoms with Crippen LogP contribution in [0.25, 0.3) is 0 Å². The molecule has 11 heteroatoms. The number of ether oxygens (including phenoxy) is 3. The van der Waals surface area contributed by atoms with Gasteiger partial charge in [0.1, 0.15) is 18.2 Å². The second-order valence-corrected chi connectivity index (χ2v) is 10.5. The first kappa shape index (κ1) is 35.2. The highest BCUT2D eigenvalue weighted by molar-refractivity contribution is 6.29. The number of esters is 1. The van der Waals surface area contributed by atoms with E-state index in [2.05, 4.69) is 10.6 Å². The van der Waals surface area contributed by atoms with Gasteiger partial charge in [-0.2, -0.15) is 0 Å². The van der Waals surface area contributed by atoms with Crippen molar-refractivity contribution < 1.29 is 33.4 Å². The SMILES string of the molecule is COC1=CCC([C@@H](C)/C=C(C)/C=C\C=C/C(=O)N[C@H](C(=O)N/C=C\C[C@H](C/C=C(\C)Cl)OC(N)=O)C(C)C)OC1=O. The third-order valence-corrected chi connectivity index (χ3v) is 6.13. The van der Waals surface area contributed by atoms with Crippen LogP contribution in [0, 0.1) is 11.8 Å². The molecule has 4 N–H and O–H groups in total. The topological polar surface area (TPSA) is 146 Å². The third kappa shape index (κ3) is 14.4. The maximum atomic E-state index is 12.7. The quantitative estimate of drug-likeness (QED) is 0.142. The summed E-state index contributed by atoms with van der Waals surface area (Å²) < 4.78 is 15.4. The molecule has 1 aliphatic rings. The minimum atomic E-state index is -0.898. The molecule has 1 aliphatic heterocycles. The Bertz CT molecular complexity index is 1100. The first-order valence-corrected chi connectivity index (χ1v) is 13.7. The van der Waals surface area contributed by atoms with E-state index in [-0.39, 0.29) is 29.6 Å². The monoisotopic (exact) mass is 591 g/mol. The molecule has 3 amide bonds. The van der Waals surface area contributed by atoms with E-state index < -0.39 is 30.1 Å². The molecule has 41 heavy (non-hydrogen) atoms. The summed E-state index contributed by atoms with van der Waals surface area (Å²) in [4.78, 5) is 48.1. The fourth-order valence-corrected chi connectivity index (χ4v) is 3.89. The average molecular weight is 592 g/mol. The molecule has 226 valence electrons. The van der Waals surface area contributed by atoms with Crippen molar-refractivity contribution >= 4 is 35.5 Å². The molecule has 0 aromatic rings. The normalized spacial score (nSPS) is 18.7. The number of amides is 3. The standard InChI is InChI=1S/C30H42ClN3O7/c1-19(2)27(28(36)33-17-9-11-23(40-30(32)38)14-13-22(5)31)34-26(35)12-8-7-10-20(3)18-21(4)24-15-16-25(39-6)29(37)41-24/h7-10,12-13,16-19,21,23-24,27H,11,14-15H2,1-6H3,(H2,32,38)(H,33,36)(H,34,35)/b10-7-,12-8-,17-9-,20-18+,22-13+/t21-,23+,24?,27-/m0/s1. The van der Waals surface area contributed by atoms with E-state index in [9.17, 15) is 19.2 Å². The van der Waals surface area contributed by atoms with Gasteiger partial charge in [0, 0.05) is 36.3 Å². The van der Waals surface area contributed by atoms with E-state index in [1.54, 1.807) is 37.3 Å². The molecule has 0 bridgehead atoms. The Labute approximate surface area is 247 Å². The highest BCUT2D eigenvalue weighted by atomic mass is 35.5. The second kappa shape index (κ2) is 18.5. The average Bonchev–Trinajstić information content (AvgIpc) is 2.89. The fraction of sp³-hybridized carbons (Fsp3) is 0.467. The lowest BCUT2D eigenvalue weighted by molar-refractivity contribution is -0.151. The summed E-state index contributed by atoms with van der Waals surface area (Å²) in [6.07, 6.45) is 14.5. The molecule has 0 radical (unpaired) electrons. The van der Waals surface area contributed by atoms with E-state index in [1.807, 2.05) is 39.8 Å². The number of primary amides is 1. The van der Waals surface area contributed by atoms with Crippen molar-refractivity contribution in [1.29, 1.82) is 0 Å². The molecule has 4 atom stereocenters. The number of nitrogens with two attached hydrogens (primary N) is 1. The lowest BCUT2D eigenvalue weighted by atomic mass is 9.97. The van der Waals surface area contributed by atoms with Crippen LogP contribution in [-0.2, 0) is 28.6 Å². The molecule has 10 nitrogen and oxygen atoms in total. The Morgan fingerprint density at radius 1 is 1.17 bits per heavy atom. The second-order valence-electron chi connectivity index (χ2n) is 9.90. The number of hydrogen-bond acceptors (Lipinski definition) is 7. The van der Waals surface area contributed by atoms with Crippen LogP contribution in [0.4, 0.5) is 4.79 Å². The lowest BCUT2D eigenvalue weighted by Crippen LogP contribution is -2.48. The molecule has 0 fully saturated rings. The van der Waals surface area contributed by atoms with Crippen LogP contribution in [0.1, 0.15) is 53.9 Å². The van der Waals surface area contributed by atoms with Gasteiger partial charge in [0.25, 0.3) is 0 Å². The predicted octanol–water partition coefficient (Wildman–Crippen LogP) is 4.68.